The van der Waals surface area contributed by atoms with Crippen LogP contribution >= 0.6 is 35.2 Å². The molecule has 1 fully saturated rings. The second-order valence-corrected chi connectivity index (χ2v) is 10.5. The molecule has 0 bridgehead atoms. The number of hydrogen-bond donors (Lipinski definition) is 1. The van der Waals surface area contributed by atoms with Crippen molar-refractivity contribution in [2.45, 2.75) is 39.5 Å². The molecule has 1 N–H and O–H groups in total. The lowest BCUT2D eigenvalue weighted by molar-refractivity contribution is -0.122. The van der Waals surface area contributed by atoms with Crippen LogP contribution in [0.5, 0.6) is 0 Å². The molecule has 0 radical (unpaired) electrons. The summed E-state index contributed by atoms with van der Waals surface area (Å²) in [5.41, 5.74) is 4.93. The number of aromatic nitrogens is 1. The van der Waals surface area contributed by atoms with Gasteiger partial charge in [-0.25, -0.2) is 0 Å². The summed E-state index contributed by atoms with van der Waals surface area (Å²) < 4.78 is 2.06. The lowest BCUT2D eigenvalue weighted by atomic mass is 9.96. The zero-order valence-electron chi connectivity index (χ0n) is 19.1. The van der Waals surface area contributed by atoms with Crippen LogP contribution in [0, 0.1) is 25.2 Å². The SMILES string of the molecule is Cc1cc(/C=C2\C(=O)NC(=S)N(c3ccc(Cl)cc3)C2=O)c(C)n1-c1sc2c(c1C#N)CCCC2. The van der Waals surface area contributed by atoms with Gasteiger partial charge in [-0.3, -0.25) is 19.8 Å². The highest BCUT2D eigenvalue weighted by atomic mass is 35.5. The second kappa shape index (κ2) is 9.08. The molecule has 1 aliphatic heterocycles. The van der Waals surface area contributed by atoms with Crippen molar-refractivity contribution in [1.29, 1.82) is 5.26 Å². The van der Waals surface area contributed by atoms with Gasteiger partial charge < -0.3 is 4.57 Å². The molecule has 1 aromatic carbocycles. The molecule has 0 atom stereocenters. The maximum absolute atomic E-state index is 13.4. The number of carbonyl (C=O) groups is 2. The fraction of sp³-hybridized carbons (Fsp3) is 0.231. The Bertz CT molecular complexity index is 1470. The maximum atomic E-state index is 13.4. The number of nitrogens with one attached hydrogen (secondary N) is 1. The molecule has 0 saturated carbocycles. The van der Waals surface area contributed by atoms with Gasteiger partial charge in [-0.1, -0.05) is 11.6 Å². The van der Waals surface area contributed by atoms with E-state index in [2.05, 4.69) is 16.0 Å². The van der Waals surface area contributed by atoms with E-state index < -0.39 is 11.8 Å². The Labute approximate surface area is 217 Å². The molecule has 2 aliphatic rings. The van der Waals surface area contributed by atoms with Crippen LogP contribution in [0.15, 0.2) is 35.9 Å². The van der Waals surface area contributed by atoms with E-state index in [9.17, 15) is 14.9 Å². The number of fused-ring (bicyclic) bond motifs is 1. The van der Waals surface area contributed by atoms with Crippen molar-refractivity contribution in [3.8, 4) is 11.1 Å². The van der Waals surface area contributed by atoms with E-state index in [0.29, 0.717) is 10.7 Å². The summed E-state index contributed by atoms with van der Waals surface area (Å²) in [7, 11) is 0. The van der Waals surface area contributed by atoms with Gasteiger partial charge in [0.2, 0.25) is 0 Å². The summed E-state index contributed by atoms with van der Waals surface area (Å²) in [5.74, 6) is -1.05. The average molecular weight is 521 g/mol. The first-order valence-corrected chi connectivity index (χ1v) is 12.8. The monoisotopic (exact) mass is 520 g/mol. The molecule has 0 unspecified atom stereocenters. The van der Waals surface area contributed by atoms with Gasteiger partial charge in [0, 0.05) is 21.3 Å². The number of benzene rings is 1. The second-order valence-electron chi connectivity index (χ2n) is 8.60. The molecule has 35 heavy (non-hydrogen) atoms. The number of thiophene rings is 1. The van der Waals surface area contributed by atoms with E-state index in [-0.39, 0.29) is 10.7 Å². The van der Waals surface area contributed by atoms with Crippen LogP contribution in [0.3, 0.4) is 0 Å². The minimum absolute atomic E-state index is 0.0141. The number of amides is 2. The normalized spacial score (nSPS) is 16.9. The first-order valence-electron chi connectivity index (χ1n) is 11.2. The van der Waals surface area contributed by atoms with Gasteiger partial charge in [-0.2, -0.15) is 5.26 Å². The quantitative estimate of drug-likeness (QED) is 0.285. The van der Waals surface area contributed by atoms with Crippen molar-refractivity contribution in [1.82, 2.24) is 9.88 Å². The summed E-state index contributed by atoms with van der Waals surface area (Å²) in [5, 5.41) is 14.0. The first kappa shape index (κ1) is 23.5. The van der Waals surface area contributed by atoms with Crippen LogP contribution in [0.2, 0.25) is 5.02 Å². The molecule has 176 valence electrons. The largest absolute Gasteiger partial charge is 0.308 e. The van der Waals surface area contributed by atoms with Gasteiger partial charge >= 0.3 is 0 Å². The molecule has 5 rings (SSSR count). The van der Waals surface area contributed by atoms with E-state index in [1.807, 2.05) is 19.9 Å². The number of thiocarbonyl (C=S) groups is 1. The Balaban J connectivity index is 1.57. The summed E-state index contributed by atoms with van der Waals surface area (Å²) in [6.07, 6.45) is 5.77. The molecule has 2 amide bonds. The summed E-state index contributed by atoms with van der Waals surface area (Å²) in [6, 6.07) is 11.0. The van der Waals surface area contributed by atoms with Gasteiger partial charge in [0.25, 0.3) is 11.8 Å². The van der Waals surface area contributed by atoms with Crippen molar-refractivity contribution in [3.05, 3.63) is 73.9 Å². The number of rotatable bonds is 3. The third-order valence-electron chi connectivity index (χ3n) is 6.42. The van der Waals surface area contributed by atoms with E-state index in [4.69, 9.17) is 23.8 Å². The van der Waals surface area contributed by atoms with Crippen molar-refractivity contribution in [3.63, 3.8) is 0 Å². The van der Waals surface area contributed by atoms with Crippen LogP contribution in [0.25, 0.3) is 11.1 Å². The topological polar surface area (TPSA) is 78.1 Å². The molecule has 3 heterocycles. The number of nitrogens with zero attached hydrogens (tertiary/aromatic N) is 3. The van der Waals surface area contributed by atoms with E-state index in [1.165, 1.54) is 15.3 Å². The first-order chi connectivity index (χ1) is 16.8. The molecule has 1 aliphatic carbocycles. The van der Waals surface area contributed by atoms with Gasteiger partial charge in [-0.15, -0.1) is 11.3 Å². The average Bonchev–Trinajstić information content (AvgIpc) is 3.33. The molecule has 2 aromatic heterocycles. The lowest BCUT2D eigenvalue weighted by Crippen LogP contribution is -2.54. The number of anilines is 1. The molecule has 9 heteroatoms. The third kappa shape index (κ3) is 4.00. The Morgan fingerprint density at radius 1 is 1.17 bits per heavy atom. The maximum Gasteiger partial charge on any atom is 0.270 e. The highest BCUT2D eigenvalue weighted by Crippen LogP contribution is 2.38. The van der Waals surface area contributed by atoms with Crippen LogP contribution in [0.4, 0.5) is 5.69 Å². The lowest BCUT2D eigenvalue weighted by Gasteiger charge is -2.28. The van der Waals surface area contributed by atoms with Gasteiger partial charge in [0.1, 0.15) is 16.6 Å². The molecule has 6 nitrogen and oxygen atoms in total. The molecule has 3 aromatic rings. The fourth-order valence-corrected chi connectivity index (χ4v) is 6.57. The molecule has 0 spiro atoms. The van der Waals surface area contributed by atoms with Gasteiger partial charge in [-0.05, 0) is 99.3 Å². The molecular weight excluding hydrogens is 500 g/mol. The van der Waals surface area contributed by atoms with Crippen molar-refractivity contribution >= 4 is 63.8 Å². The van der Waals surface area contributed by atoms with E-state index in [0.717, 1.165) is 53.2 Å². The smallest absolute Gasteiger partial charge is 0.270 e. The molecule has 1 saturated heterocycles. The minimum atomic E-state index is -0.542. The van der Waals surface area contributed by atoms with E-state index >= 15 is 0 Å². The van der Waals surface area contributed by atoms with Crippen LogP contribution in [0.1, 0.15) is 45.8 Å². The zero-order chi connectivity index (χ0) is 24.9. The predicted octanol–water partition coefficient (Wildman–Crippen LogP) is 5.39. The van der Waals surface area contributed by atoms with Gasteiger partial charge in [0.15, 0.2) is 5.11 Å². The number of aryl methyl sites for hydroxylation is 2. The third-order valence-corrected chi connectivity index (χ3v) is 8.24. The van der Waals surface area contributed by atoms with E-state index in [1.54, 1.807) is 41.7 Å². The van der Waals surface area contributed by atoms with Crippen LogP contribution in [-0.2, 0) is 22.4 Å². The zero-order valence-corrected chi connectivity index (χ0v) is 21.5. The Morgan fingerprint density at radius 3 is 2.60 bits per heavy atom. The number of halogens is 1. The Hall–Kier alpha value is -3.25. The standard InChI is InChI=1S/C26H21ClN4O2S2/c1-14-11-16(15(2)30(14)25-21(13-28)19-5-3-4-6-22(19)35-25)12-20-23(32)29-26(34)31(24(20)33)18-9-7-17(27)8-10-18/h7-12H,3-6H2,1-2H3,(H,29,32,34)/b20-12+. The highest BCUT2D eigenvalue weighted by molar-refractivity contribution is 7.80. The number of carbonyl (C=O) groups excluding carboxylic acids is 2. The summed E-state index contributed by atoms with van der Waals surface area (Å²) in [6.45, 7) is 3.90. The summed E-state index contributed by atoms with van der Waals surface area (Å²) in [4.78, 5) is 28.7. The Morgan fingerprint density at radius 2 is 1.89 bits per heavy atom. The van der Waals surface area contributed by atoms with Crippen LogP contribution in [-0.4, -0.2) is 21.5 Å². The predicted molar refractivity (Wildman–Crippen MR) is 142 cm³/mol. The van der Waals surface area contributed by atoms with Crippen LogP contribution < -0.4 is 10.2 Å². The molecular formula is C26H21ClN4O2S2. The fourth-order valence-electron chi connectivity index (χ4n) is 4.71. The van der Waals surface area contributed by atoms with Crippen molar-refractivity contribution in [2.24, 2.45) is 0 Å². The Kier molecular flexibility index (Phi) is 6.09. The van der Waals surface area contributed by atoms with Crippen molar-refractivity contribution < 1.29 is 9.59 Å². The minimum Gasteiger partial charge on any atom is -0.308 e. The highest BCUT2D eigenvalue weighted by Gasteiger charge is 2.35. The number of nitriles is 1. The number of hydrogen-bond acceptors (Lipinski definition) is 5. The van der Waals surface area contributed by atoms with Gasteiger partial charge in [0.05, 0.1) is 11.3 Å². The summed E-state index contributed by atoms with van der Waals surface area (Å²) >= 11 is 12.9. The van der Waals surface area contributed by atoms with Crippen molar-refractivity contribution in [2.75, 3.05) is 4.90 Å².